The smallest absolute Gasteiger partial charge is 0.480 e. The number of nitrogens with two attached hydrogens (primary N) is 1. The highest BCUT2D eigenvalue weighted by molar-refractivity contribution is 5.76. The Morgan fingerprint density at radius 1 is 1.03 bits per heavy atom. The van der Waals surface area contributed by atoms with Crippen molar-refractivity contribution in [3.8, 4) is 11.5 Å². The fourth-order valence-electron chi connectivity index (χ4n) is 2.82. The fourth-order valence-corrected chi connectivity index (χ4v) is 2.82. The van der Waals surface area contributed by atoms with Crippen molar-refractivity contribution in [2.24, 2.45) is 11.7 Å². The molecule has 3 unspecified atom stereocenters. The van der Waals surface area contributed by atoms with E-state index in [0.29, 0.717) is 5.56 Å². The maximum absolute atomic E-state index is 11.9. The van der Waals surface area contributed by atoms with E-state index in [2.05, 4.69) is 0 Å². The molecule has 0 radical (unpaired) electrons. The predicted molar refractivity (Wildman–Crippen MR) is 113 cm³/mol. The van der Waals surface area contributed by atoms with E-state index in [4.69, 9.17) is 24.7 Å². The number of carbonyl (C=O) groups excluding carboxylic acids is 3. The topological polar surface area (TPSA) is 151 Å². The third-order valence-corrected chi connectivity index (χ3v) is 4.69. The van der Waals surface area contributed by atoms with Crippen LogP contribution < -0.4 is 15.2 Å². The molecule has 32 heavy (non-hydrogen) atoms. The zero-order valence-corrected chi connectivity index (χ0v) is 19.0. The van der Waals surface area contributed by atoms with Gasteiger partial charge in [-0.05, 0) is 37.0 Å². The summed E-state index contributed by atoms with van der Waals surface area (Å²) in [6.45, 7) is 8.06. The van der Waals surface area contributed by atoms with E-state index < -0.39 is 42.1 Å². The Balaban J connectivity index is 3.10. The Morgan fingerprint density at radius 3 is 2.16 bits per heavy atom. The summed E-state index contributed by atoms with van der Waals surface area (Å²) >= 11 is 0. The van der Waals surface area contributed by atoms with Crippen LogP contribution in [0.25, 0.3) is 0 Å². The lowest BCUT2D eigenvalue weighted by molar-refractivity contribution is -0.139. The van der Waals surface area contributed by atoms with E-state index >= 15 is 0 Å². The Morgan fingerprint density at radius 2 is 1.62 bits per heavy atom. The molecular weight excluding hydrogens is 422 g/mol. The van der Waals surface area contributed by atoms with Crippen molar-refractivity contribution in [3.63, 3.8) is 0 Å². The molecule has 178 valence electrons. The highest BCUT2D eigenvalue weighted by atomic mass is 16.7. The van der Waals surface area contributed by atoms with Crippen molar-refractivity contribution >= 4 is 24.1 Å². The van der Waals surface area contributed by atoms with Gasteiger partial charge < -0.3 is 29.8 Å². The van der Waals surface area contributed by atoms with Gasteiger partial charge in [0.15, 0.2) is 11.5 Å². The van der Waals surface area contributed by atoms with Crippen molar-refractivity contribution in [1.82, 2.24) is 0 Å². The van der Waals surface area contributed by atoms with Crippen LogP contribution in [0.15, 0.2) is 18.2 Å². The number of ether oxygens (including phenoxy) is 4. The lowest BCUT2D eigenvalue weighted by Gasteiger charge is -2.25. The molecule has 1 aromatic carbocycles. The summed E-state index contributed by atoms with van der Waals surface area (Å²) in [5, 5.41) is 9.46. The molecule has 0 heterocycles. The molecule has 10 heteroatoms. The molecule has 0 amide bonds. The summed E-state index contributed by atoms with van der Waals surface area (Å²) in [7, 11) is 0. The van der Waals surface area contributed by atoms with Crippen LogP contribution in [0, 0.1) is 5.92 Å². The van der Waals surface area contributed by atoms with Crippen LogP contribution in [0.4, 0.5) is 4.79 Å². The van der Waals surface area contributed by atoms with Crippen LogP contribution in [0.3, 0.4) is 0 Å². The first-order valence-electron chi connectivity index (χ1n) is 10.3. The fraction of sp³-hybridized carbons (Fsp3) is 0.545. The van der Waals surface area contributed by atoms with Gasteiger partial charge in [-0.2, -0.15) is 0 Å². The number of hydrogen-bond donors (Lipinski definition) is 2. The molecule has 4 atom stereocenters. The van der Waals surface area contributed by atoms with Crippen molar-refractivity contribution in [3.05, 3.63) is 23.8 Å². The van der Waals surface area contributed by atoms with E-state index in [1.165, 1.54) is 32.0 Å². The zero-order valence-electron chi connectivity index (χ0n) is 19.0. The average Bonchev–Trinajstić information content (AvgIpc) is 2.70. The van der Waals surface area contributed by atoms with Gasteiger partial charge in [0.05, 0.1) is 6.61 Å². The first kappa shape index (κ1) is 26.9. The number of carboxylic acids is 1. The molecule has 1 rings (SSSR count). The molecule has 0 aliphatic carbocycles. The first-order chi connectivity index (χ1) is 14.9. The van der Waals surface area contributed by atoms with E-state index in [9.17, 15) is 24.3 Å². The maximum atomic E-state index is 11.9. The molecule has 10 nitrogen and oxygen atoms in total. The lowest BCUT2D eigenvalue weighted by atomic mass is 9.87. The monoisotopic (exact) mass is 453 g/mol. The molecule has 3 N–H and O–H groups in total. The van der Waals surface area contributed by atoms with Crippen molar-refractivity contribution < 1.29 is 43.2 Å². The van der Waals surface area contributed by atoms with Gasteiger partial charge in [-0.15, -0.1) is 0 Å². The van der Waals surface area contributed by atoms with Gasteiger partial charge in [-0.1, -0.05) is 26.3 Å². The highest BCUT2D eigenvalue weighted by Crippen LogP contribution is 2.34. The van der Waals surface area contributed by atoms with Crippen LogP contribution in [-0.4, -0.2) is 47.9 Å². The van der Waals surface area contributed by atoms with E-state index in [1.807, 2.05) is 13.8 Å². The predicted octanol–water partition coefficient (Wildman–Crippen LogP) is 3.01. The van der Waals surface area contributed by atoms with Crippen molar-refractivity contribution in [1.29, 1.82) is 0 Å². The highest BCUT2D eigenvalue weighted by Gasteiger charge is 2.30. The summed E-state index contributed by atoms with van der Waals surface area (Å²) < 4.78 is 20.4. The zero-order chi connectivity index (χ0) is 24.4. The van der Waals surface area contributed by atoms with Crippen LogP contribution in [-0.2, 0) is 23.9 Å². The van der Waals surface area contributed by atoms with Gasteiger partial charge in [0.25, 0.3) is 0 Å². The third kappa shape index (κ3) is 8.93. The van der Waals surface area contributed by atoms with Crippen molar-refractivity contribution in [2.45, 2.75) is 65.5 Å². The van der Waals surface area contributed by atoms with Gasteiger partial charge in [0.2, 0.25) is 0 Å². The number of esters is 2. The van der Waals surface area contributed by atoms with E-state index in [0.717, 1.165) is 6.42 Å². The summed E-state index contributed by atoms with van der Waals surface area (Å²) in [6.07, 6.45) is -0.684. The summed E-state index contributed by atoms with van der Waals surface area (Å²) in [4.78, 5) is 46.3. The minimum absolute atomic E-state index is 0.00276. The Hall–Kier alpha value is -3.14. The molecule has 0 saturated carbocycles. The number of benzene rings is 1. The first-order valence-corrected chi connectivity index (χ1v) is 10.3. The Bertz CT molecular complexity index is 824. The Labute approximate surface area is 187 Å². The minimum Gasteiger partial charge on any atom is -0.480 e. The molecular formula is C22H31NO9. The van der Waals surface area contributed by atoms with E-state index in [-0.39, 0.29) is 30.4 Å². The molecule has 0 aliphatic heterocycles. The van der Waals surface area contributed by atoms with Crippen LogP contribution >= 0.6 is 0 Å². The van der Waals surface area contributed by atoms with Gasteiger partial charge in [-0.3, -0.25) is 14.4 Å². The summed E-state index contributed by atoms with van der Waals surface area (Å²) in [5.41, 5.74) is 6.29. The third-order valence-electron chi connectivity index (χ3n) is 4.69. The molecule has 0 aliphatic rings. The molecule has 1 aromatic rings. The standard InChI is InChI=1S/C22H31NO9/c1-6-12(2)11-29-22(28)30-13(3)9-17(20(23)21(26)27)16-7-8-18(31-14(4)24)19(10-16)32-15(5)25/h7-8,10,12-13,17,20H,6,9,11,23H2,1-5H3,(H,26,27)/t12?,13?,17?,20-/m0/s1. The maximum Gasteiger partial charge on any atom is 0.508 e. The SMILES string of the molecule is CCC(C)COC(=O)OC(C)CC(c1ccc(OC(C)=O)c(OC(C)=O)c1)[C@H](N)C(=O)O. The number of carboxylic acid groups (broad SMARTS) is 1. The van der Waals surface area contributed by atoms with Gasteiger partial charge in [-0.25, -0.2) is 4.79 Å². The van der Waals surface area contributed by atoms with E-state index in [1.54, 1.807) is 6.92 Å². The van der Waals surface area contributed by atoms with Gasteiger partial charge >= 0.3 is 24.1 Å². The molecule has 0 saturated heterocycles. The van der Waals surface area contributed by atoms with Crippen LogP contribution in [0.5, 0.6) is 11.5 Å². The molecule has 0 bridgehead atoms. The minimum atomic E-state index is -1.35. The molecule has 0 spiro atoms. The molecule has 0 aromatic heterocycles. The number of carbonyl (C=O) groups is 4. The van der Waals surface area contributed by atoms with Crippen LogP contribution in [0.1, 0.15) is 58.9 Å². The number of hydrogen-bond acceptors (Lipinski definition) is 9. The summed E-state index contributed by atoms with van der Waals surface area (Å²) in [6, 6.07) is 2.91. The van der Waals surface area contributed by atoms with Crippen molar-refractivity contribution in [2.75, 3.05) is 6.61 Å². The molecule has 0 fully saturated rings. The normalized spacial score (nSPS) is 14.4. The lowest BCUT2D eigenvalue weighted by Crippen LogP contribution is -2.38. The quantitative estimate of drug-likeness (QED) is 0.378. The van der Waals surface area contributed by atoms with Crippen LogP contribution in [0.2, 0.25) is 0 Å². The van der Waals surface area contributed by atoms with Gasteiger partial charge in [0, 0.05) is 19.8 Å². The largest absolute Gasteiger partial charge is 0.508 e. The number of rotatable bonds is 11. The second-order valence-corrected chi connectivity index (χ2v) is 7.60. The average molecular weight is 453 g/mol. The number of aliphatic carboxylic acids is 1. The summed E-state index contributed by atoms with van der Waals surface area (Å²) in [5.74, 6) is -3.24. The Kier molecular flexibility index (Phi) is 10.6. The second-order valence-electron chi connectivity index (χ2n) is 7.60. The van der Waals surface area contributed by atoms with Gasteiger partial charge in [0.1, 0.15) is 12.1 Å². The second kappa shape index (κ2) is 12.7.